The second kappa shape index (κ2) is 6.81. The predicted octanol–water partition coefficient (Wildman–Crippen LogP) is 3.48. The van der Waals surface area contributed by atoms with Crippen molar-refractivity contribution in [1.82, 2.24) is 9.97 Å². The zero-order valence-electron chi connectivity index (χ0n) is 14.5. The molecule has 1 saturated heterocycles. The molecule has 5 nitrogen and oxygen atoms in total. The maximum atomic E-state index is 6.67. The number of aromatic nitrogens is 2. The number of nitrogens with two attached hydrogens (primary N) is 1. The van der Waals surface area contributed by atoms with Crippen molar-refractivity contribution in [2.45, 2.75) is 38.6 Å². The van der Waals surface area contributed by atoms with Gasteiger partial charge in [0.2, 0.25) is 5.95 Å². The van der Waals surface area contributed by atoms with Gasteiger partial charge in [-0.1, -0.05) is 17.7 Å². The first-order valence-electron chi connectivity index (χ1n) is 8.88. The third-order valence-corrected chi connectivity index (χ3v) is 5.39. The summed E-state index contributed by atoms with van der Waals surface area (Å²) in [5, 5.41) is 0.819. The summed E-state index contributed by atoms with van der Waals surface area (Å²) >= 11 is 6.67. The number of benzene rings is 1. The lowest BCUT2D eigenvalue weighted by Crippen LogP contribution is -2.32. The molecule has 1 unspecified atom stereocenters. The molecule has 0 saturated carbocycles. The van der Waals surface area contributed by atoms with Gasteiger partial charge in [-0.05, 0) is 55.4 Å². The van der Waals surface area contributed by atoms with Crippen LogP contribution in [0, 0.1) is 6.92 Å². The molecule has 1 fully saturated rings. The van der Waals surface area contributed by atoms with Gasteiger partial charge in [-0.25, -0.2) is 4.98 Å². The number of nitrogens with zero attached hydrogens (tertiary/aromatic N) is 3. The molecule has 0 bridgehead atoms. The molecule has 0 spiro atoms. The zero-order valence-corrected chi connectivity index (χ0v) is 15.2. The van der Waals surface area contributed by atoms with Crippen LogP contribution in [0.1, 0.15) is 41.3 Å². The molecule has 2 N–H and O–H groups in total. The number of nitrogen functional groups attached to an aromatic ring is 1. The van der Waals surface area contributed by atoms with Gasteiger partial charge in [-0.15, -0.1) is 0 Å². The van der Waals surface area contributed by atoms with Crippen molar-refractivity contribution in [3.8, 4) is 0 Å². The molecule has 2 aliphatic rings. The fraction of sp³-hybridized carbons (Fsp3) is 0.474. The van der Waals surface area contributed by atoms with E-state index >= 15 is 0 Å². The monoisotopic (exact) mass is 358 g/mol. The summed E-state index contributed by atoms with van der Waals surface area (Å²) in [5.41, 5.74) is 10.7. The van der Waals surface area contributed by atoms with Crippen molar-refractivity contribution in [3.05, 3.63) is 45.6 Å². The van der Waals surface area contributed by atoms with Crippen LogP contribution in [0.5, 0.6) is 0 Å². The van der Waals surface area contributed by atoms with Gasteiger partial charge in [0.1, 0.15) is 5.82 Å². The number of ether oxygens (including phenoxy) is 1. The molecular weight excluding hydrogens is 336 g/mol. The lowest BCUT2D eigenvalue weighted by molar-refractivity contribution is 0.134. The third-order valence-electron chi connectivity index (χ3n) is 5.06. The van der Waals surface area contributed by atoms with Gasteiger partial charge < -0.3 is 15.4 Å². The summed E-state index contributed by atoms with van der Waals surface area (Å²) in [6, 6.07) is 6.43. The van der Waals surface area contributed by atoms with Crippen LogP contribution in [-0.2, 0) is 17.6 Å². The fourth-order valence-corrected chi connectivity index (χ4v) is 4.21. The Kier molecular flexibility index (Phi) is 4.52. The number of anilines is 2. The molecule has 2 heterocycles. The first-order valence-corrected chi connectivity index (χ1v) is 9.26. The van der Waals surface area contributed by atoms with Crippen LogP contribution in [0.15, 0.2) is 18.2 Å². The summed E-state index contributed by atoms with van der Waals surface area (Å²) in [4.78, 5) is 10.9. The van der Waals surface area contributed by atoms with Gasteiger partial charge in [0.15, 0.2) is 0 Å². The maximum absolute atomic E-state index is 6.67. The Balaban J connectivity index is 1.77. The molecule has 0 radical (unpaired) electrons. The van der Waals surface area contributed by atoms with E-state index in [2.05, 4.69) is 27.0 Å². The topological polar surface area (TPSA) is 64.3 Å². The highest BCUT2D eigenvalue weighted by Gasteiger charge is 2.28. The second-order valence-electron chi connectivity index (χ2n) is 6.86. The Morgan fingerprint density at radius 3 is 2.76 bits per heavy atom. The molecule has 0 amide bonds. The lowest BCUT2D eigenvalue weighted by Gasteiger charge is -2.32. The summed E-state index contributed by atoms with van der Waals surface area (Å²) in [5.74, 6) is 1.15. The summed E-state index contributed by atoms with van der Waals surface area (Å²) in [6.45, 7) is 4.14. The summed E-state index contributed by atoms with van der Waals surface area (Å²) < 4.78 is 5.87. The van der Waals surface area contributed by atoms with E-state index in [0.29, 0.717) is 12.6 Å². The molecule has 25 heavy (non-hydrogen) atoms. The van der Waals surface area contributed by atoms with Gasteiger partial charge >= 0.3 is 0 Å². The van der Waals surface area contributed by atoms with Gasteiger partial charge in [0.05, 0.1) is 12.6 Å². The molecule has 1 aromatic carbocycles. The molecule has 1 aliphatic carbocycles. The van der Waals surface area contributed by atoms with E-state index in [9.17, 15) is 0 Å². The smallest absolute Gasteiger partial charge is 0.222 e. The van der Waals surface area contributed by atoms with Crippen LogP contribution in [0.4, 0.5) is 11.8 Å². The third kappa shape index (κ3) is 3.31. The van der Waals surface area contributed by atoms with Crippen molar-refractivity contribution in [2.24, 2.45) is 0 Å². The Labute approximate surface area is 153 Å². The molecule has 1 atom stereocenters. The van der Waals surface area contributed by atoms with Crippen molar-refractivity contribution < 1.29 is 4.74 Å². The minimum Gasteiger partial charge on any atom is -0.379 e. The molecule has 1 aliphatic heterocycles. The second-order valence-corrected chi connectivity index (χ2v) is 7.27. The maximum Gasteiger partial charge on any atom is 0.222 e. The van der Waals surface area contributed by atoms with Crippen molar-refractivity contribution in [2.75, 3.05) is 30.4 Å². The van der Waals surface area contributed by atoms with E-state index in [1.807, 2.05) is 13.0 Å². The summed E-state index contributed by atoms with van der Waals surface area (Å²) in [6.07, 6.45) is 4.41. The Morgan fingerprint density at radius 2 is 1.96 bits per heavy atom. The Morgan fingerprint density at radius 1 is 1.16 bits per heavy atom. The van der Waals surface area contributed by atoms with Crippen LogP contribution in [0.2, 0.25) is 5.02 Å². The highest BCUT2D eigenvalue weighted by molar-refractivity contribution is 6.31. The van der Waals surface area contributed by atoms with Gasteiger partial charge in [0.25, 0.3) is 0 Å². The van der Waals surface area contributed by atoms with Crippen molar-refractivity contribution in [1.29, 1.82) is 0 Å². The molecule has 6 heteroatoms. The van der Waals surface area contributed by atoms with Crippen LogP contribution < -0.4 is 10.6 Å². The standard InChI is InChI=1S/C19H23ClN4O/c1-12-8-18(23-19(21)22-12)24-6-3-7-25-11-17(24)15-9-13-4-2-5-14(13)10-16(15)20/h8-10,17H,2-7,11H2,1H3,(H2,21,22,23). The number of fused-ring (bicyclic) bond motifs is 1. The number of hydrogen-bond donors (Lipinski definition) is 1. The van der Waals surface area contributed by atoms with Crippen LogP contribution in [0.3, 0.4) is 0 Å². The van der Waals surface area contributed by atoms with E-state index in [1.165, 1.54) is 17.5 Å². The van der Waals surface area contributed by atoms with E-state index < -0.39 is 0 Å². The summed E-state index contributed by atoms with van der Waals surface area (Å²) in [7, 11) is 0. The SMILES string of the molecule is Cc1cc(N2CCCOCC2c2cc3c(cc2Cl)CCC3)nc(N)n1. The van der Waals surface area contributed by atoms with Crippen LogP contribution >= 0.6 is 11.6 Å². The largest absolute Gasteiger partial charge is 0.379 e. The normalized spacial score (nSPS) is 20.4. The van der Waals surface area contributed by atoms with Crippen molar-refractivity contribution >= 4 is 23.4 Å². The number of rotatable bonds is 2. The quantitative estimate of drug-likeness (QED) is 0.890. The van der Waals surface area contributed by atoms with E-state index in [0.717, 1.165) is 54.5 Å². The number of hydrogen-bond acceptors (Lipinski definition) is 5. The first kappa shape index (κ1) is 16.6. The minimum absolute atomic E-state index is 0.0367. The highest BCUT2D eigenvalue weighted by Crippen LogP contribution is 2.36. The van der Waals surface area contributed by atoms with Gasteiger partial charge in [-0.2, -0.15) is 4.98 Å². The van der Waals surface area contributed by atoms with Crippen LogP contribution in [0.25, 0.3) is 0 Å². The molecule has 1 aromatic heterocycles. The van der Waals surface area contributed by atoms with Crippen LogP contribution in [-0.4, -0.2) is 29.7 Å². The Hall–Kier alpha value is -1.85. The van der Waals surface area contributed by atoms with E-state index in [4.69, 9.17) is 22.1 Å². The Bertz CT molecular complexity index is 775. The molecular formula is C19H23ClN4O. The lowest BCUT2D eigenvalue weighted by atomic mass is 10.00. The molecule has 4 rings (SSSR count). The highest BCUT2D eigenvalue weighted by atomic mass is 35.5. The van der Waals surface area contributed by atoms with Gasteiger partial charge in [-0.3, -0.25) is 0 Å². The van der Waals surface area contributed by atoms with Gasteiger partial charge in [0, 0.05) is 29.9 Å². The average molecular weight is 359 g/mol. The number of aryl methyl sites for hydroxylation is 3. The van der Waals surface area contributed by atoms with Crippen molar-refractivity contribution in [3.63, 3.8) is 0 Å². The fourth-order valence-electron chi connectivity index (χ4n) is 3.90. The first-order chi connectivity index (χ1) is 12.1. The average Bonchev–Trinajstić information content (AvgIpc) is 2.87. The van der Waals surface area contributed by atoms with E-state index in [1.54, 1.807) is 0 Å². The zero-order chi connectivity index (χ0) is 17.4. The van der Waals surface area contributed by atoms with E-state index in [-0.39, 0.29) is 6.04 Å². The number of halogens is 1. The molecule has 132 valence electrons. The predicted molar refractivity (Wildman–Crippen MR) is 100 cm³/mol. The minimum atomic E-state index is 0.0367. The molecule has 2 aromatic rings.